The minimum Gasteiger partial charge on any atom is -0.407 e. The van der Waals surface area contributed by atoms with Crippen LogP contribution in [0.15, 0.2) is 0 Å². The van der Waals surface area contributed by atoms with Gasteiger partial charge in [0.2, 0.25) is 19.5 Å². The summed E-state index contributed by atoms with van der Waals surface area (Å²) in [5, 5.41) is 0. The Labute approximate surface area is 91.6 Å². The summed E-state index contributed by atoms with van der Waals surface area (Å²) in [6.45, 7) is 5.13. The molecule has 0 rings (SSSR count). The molecule has 0 unspecified atom stereocenters. The standard InChI is InChI=1S/C10H14O2Si2/c1-3-13-11-9-7-5-6-8-10-12-14-4-2/h3-4,9-10H2,1-2H3. The van der Waals surface area contributed by atoms with Crippen molar-refractivity contribution in [1.82, 2.24) is 0 Å². The van der Waals surface area contributed by atoms with Gasteiger partial charge in [-0.1, -0.05) is 25.7 Å². The summed E-state index contributed by atoms with van der Waals surface area (Å²) in [6.07, 6.45) is 0. The maximum atomic E-state index is 5.18. The zero-order chi connectivity index (χ0) is 10.5. The van der Waals surface area contributed by atoms with Crippen molar-refractivity contribution < 1.29 is 8.85 Å². The van der Waals surface area contributed by atoms with Crippen LogP contribution in [0.1, 0.15) is 13.8 Å². The summed E-state index contributed by atoms with van der Waals surface area (Å²) >= 11 is 0. The normalized spacial score (nSPS) is 8.43. The molecule has 0 fully saturated rings. The zero-order valence-corrected chi connectivity index (χ0v) is 10.6. The highest BCUT2D eigenvalue weighted by Crippen LogP contribution is 1.76. The van der Waals surface area contributed by atoms with Gasteiger partial charge in [-0.25, -0.2) is 0 Å². The fourth-order valence-corrected chi connectivity index (χ4v) is 1.30. The fourth-order valence-electron chi connectivity index (χ4n) is 0.539. The van der Waals surface area contributed by atoms with Crippen molar-refractivity contribution in [3.63, 3.8) is 0 Å². The lowest BCUT2D eigenvalue weighted by Crippen LogP contribution is -1.96. The predicted molar refractivity (Wildman–Crippen MR) is 59.9 cm³/mol. The molecule has 4 radical (unpaired) electrons. The third kappa shape index (κ3) is 11.5. The molecule has 0 amide bonds. The van der Waals surface area contributed by atoms with Crippen molar-refractivity contribution in [1.29, 1.82) is 0 Å². The molecule has 2 nitrogen and oxygen atoms in total. The Hall–Kier alpha value is -0.526. The topological polar surface area (TPSA) is 18.5 Å². The highest BCUT2D eigenvalue weighted by Gasteiger charge is 1.81. The lowest BCUT2D eigenvalue weighted by Gasteiger charge is -1.90. The molecule has 0 atom stereocenters. The van der Waals surface area contributed by atoms with E-state index in [4.69, 9.17) is 8.85 Å². The number of hydrogen-bond acceptors (Lipinski definition) is 2. The average molecular weight is 222 g/mol. The summed E-state index contributed by atoms with van der Waals surface area (Å²) in [5.74, 6) is 11.1. The van der Waals surface area contributed by atoms with Gasteiger partial charge in [0.05, 0.1) is 13.2 Å². The smallest absolute Gasteiger partial charge is 0.230 e. The number of hydrogen-bond donors (Lipinski definition) is 0. The third-order valence-corrected chi connectivity index (χ3v) is 2.30. The summed E-state index contributed by atoms with van der Waals surface area (Å²) in [6, 6.07) is 2.11. The molecule has 0 aromatic rings. The molecule has 0 bridgehead atoms. The van der Waals surface area contributed by atoms with Crippen molar-refractivity contribution in [3.05, 3.63) is 0 Å². The molecule has 0 spiro atoms. The Morgan fingerprint density at radius 3 is 1.64 bits per heavy atom. The average Bonchev–Trinajstić information content (AvgIpc) is 2.21. The summed E-state index contributed by atoms with van der Waals surface area (Å²) in [4.78, 5) is 0. The molecule has 0 aromatic heterocycles. The van der Waals surface area contributed by atoms with E-state index in [9.17, 15) is 0 Å². The molecule has 0 saturated heterocycles. The Morgan fingerprint density at radius 2 is 1.29 bits per heavy atom. The second-order valence-electron chi connectivity index (χ2n) is 2.18. The third-order valence-electron chi connectivity index (χ3n) is 1.02. The maximum Gasteiger partial charge on any atom is 0.230 e. The Morgan fingerprint density at radius 1 is 0.857 bits per heavy atom. The molecular weight excluding hydrogens is 208 g/mol. The van der Waals surface area contributed by atoms with Gasteiger partial charge in [-0.2, -0.15) is 0 Å². The minimum atomic E-state index is 0.485. The van der Waals surface area contributed by atoms with Gasteiger partial charge in [0.15, 0.2) is 0 Å². The molecule has 0 aliphatic rings. The molecule has 0 heterocycles. The lowest BCUT2D eigenvalue weighted by atomic mass is 10.5. The summed E-state index contributed by atoms with van der Waals surface area (Å²) < 4.78 is 10.4. The summed E-state index contributed by atoms with van der Waals surface area (Å²) in [5.41, 5.74) is 0. The van der Waals surface area contributed by atoms with E-state index in [0.717, 1.165) is 12.1 Å². The first-order chi connectivity index (χ1) is 6.91. The van der Waals surface area contributed by atoms with Crippen molar-refractivity contribution >= 4 is 19.5 Å². The van der Waals surface area contributed by atoms with Crippen LogP contribution in [0.3, 0.4) is 0 Å². The Kier molecular flexibility index (Phi) is 12.0. The minimum absolute atomic E-state index is 0.485. The van der Waals surface area contributed by atoms with Gasteiger partial charge in [0.1, 0.15) is 0 Å². The molecule has 0 N–H and O–H groups in total. The van der Waals surface area contributed by atoms with Crippen LogP contribution in [0, 0.1) is 23.7 Å². The van der Waals surface area contributed by atoms with Crippen LogP contribution in [0.25, 0.3) is 0 Å². The van der Waals surface area contributed by atoms with Crippen LogP contribution in [-0.4, -0.2) is 32.7 Å². The van der Waals surface area contributed by atoms with Crippen molar-refractivity contribution in [2.75, 3.05) is 13.2 Å². The van der Waals surface area contributed by atoms with E-state index in [-0.39, 0.29) is 0 Å². The van der Waals surface area contributed by atoms with Crippen LogP contribution in [0.5, 0.6) is 0 Å². The first-order valence-electron chi connectivity index (χ1n) is 4.56. The molecule has 0 aliphatic heterocycles. The summed E-state index contributed by atoms with van der Waals surface area (Å²) in [7, 11) is 1.11. The highest BCUT2D eigenvalue weighted by atomic mass is 28.2. The lowest BCUT2D eigenvalue weighted by molar-refractivity contribution is 0.393. The largest absolute Gasteiger partial charge is 0.407 e. The van der Waals surface area contributed by atoms with Crippen molar-refractivity contribution in [2.24, 2.45) is 0 Å². The molecule has 0 aliphatic carbocycles. The second kappa shape index (κ2) is 12.5. The van der Waals surface area contributed by atoms with Gasteiger partial charge in [0.25, 0.3) is 0 Å². The zero-order valence-electron chi connectivity index (χ0n) is 8.64. The quantitative estimate of drug-likeness (QED) is 0.381. The fraction of sp³-hybridized carbons (Fsp3) is 0.600. The van der Waals surface area contributed by atoms with Crippen LogP contribution < -0.4 is 0 Å². The second-order valence-corrected chi connectivity index (χ2v) is 4.75. The van der Waals surface area contributed by atoms with Gasteiger partial charge in [-0.05, 0) is 23.9 Å². The van der Waals surface area contributed by atoms with Gasteiger partial charge in [-0.15, -0.1) is 0 Å². The molecule has 14 heavy (non-hydrogen) atoms. The predicted octanol–water partition coefficient (Wildman–Crippen LogP) is 1.14. The Balaban J connectivity index is 3.29. The monoisotopic (exact) mass is 222 g/mol. The van der Waals surface area contributed by atoms with E-state index in [1.165, 1.54) is 0 Å². The van der Waals surface area contributed by atoms with E-state index in [1.807, 2.05) is 0 Å². The first kappa shape index (κ1) is 13.5. The van der Waals surface area contributed by atoms with Crippen molar-refractivity contribution in [2.45, 2.75) is 25.9 Å². The molecule has 4 heteroatoms. The van der Waals surface area contributed by atoms with E-state index in [0.29, 0.717) is 32.7 Å². The van der Waals surface area contributed by atoms with Gasteiger partial charge < -0.3 is 8.85 Å². The van der Waals surface area contributed by atoms with Gasteiger partial charge in [-0.3, -0.25) is 0 Å². The van der Waals surface area contributed by atoms with Crippen LogP contribution in [-0.2, 0) is 8.85 Å². The van der Waals surface area contributed by atoms with Crippen LogP contribution in [0.4, 0.5) is 0 Å². The van der Waals surface area contributed by atoms with E-state index < -0.39 is 0 Å². The molecule has 74 valence electrons. The highest BCUT2D eigenvalue weighted by molar-refractivity contribution is 6.27. The van der Waals surface area contributed by atoms with Crippen LogP contribution in [0.2, 0.25) is 12.1 Å². The van der Waals surface area contributed by atoms with Gasteiger partial charge >= 0.3 is 0 Å². The SMILES string of the molecule is CC[Si]OCC#CC#CCO[Si]CC. The molecular formula is C10H14O2Si2. The van der Waals surface area contributed by atoms with Crippen molar-refractivity contribution in [3.8, 4) is 23.7 Å². The van der Waals surface area contributed by atoms with E-state index in [2.05, 4.69) is 37.5 Å². The first-order valence-corrected chi connectivity index (χ1v) is 6.79. The van der Waals surface area contributed by atoms with Gasteiger partial charge in [0, 0.05) is 0 Å². The van der Waals surface area contributed by atoms with E-state index in [1.54, 1.807) is 0 Å². The molecule has 0 aromatic carbocycles. The number of rotatable bonds is 6. The van der Waals surface area contributed by atoms with Crippen LogP contribution >= 0.6 is 0 Å². The molecule has 0 saturated carbocycles. The van der Waals surface area contributed by atoms with E-state index >= 15 is 0 Å². The maximum absolute atomic E-state index is 5.18. The Bertz CT molecular complexity index is 206.